The molecule has 1 heterocycles. The zero-order valence-electron chi connectivity index (χ0n) is 9.82. The molecule has 2 heteroatoms. The van der Waals surface area contributed by atoms with Crippen molar-refractivity contribution in [3.05, 3.63) is 47.8 Å². The second kappa shape index (κ2) is 4.21. The van der Waals surface area contributed by atoms with Gasteiger partial charge in [0.15, 0.2) is 0 Å². The Balaban J connectivity index is 2.07. The van der Waals surface area contributed by atoms with Gasteiger partial charge < -0.3 is 5.73 Å². The highest BCUT2D eigenvalue weighted by molar-refractivity contribution is 5.75. The molecule has 1 aliphatic rings. The topological polar surface area (TPSA) is 38.9 Å². The van der Waals surface area contributed by atoms with Crippen molar-refractivity contribution in [1.29, 1.82) is 0 Å². The zero-order chi connectivity index (χ0) is 11.7. The van der Waals surface area contributed by atoms with Gasteiger partial charge in [0, 0.05) is 23.6 Å². The molecule has 17 heavy (non-hydrogen) atoms. The number of rotatable bonds is 1. The number of aryl methyl sites for hydroxylation is 2. The number of fused-ring (bicyclic) bond motifs is 1. The Labute approximate surface area is 102 Å². The third-order valence-electron chi connectivity index (χ3n) is 3.51. The standard InChI is InChI=1S/C15H16N2/c16-15-7-8-17-10-14(15)13-6-5-11-3-1-2-4-12(11)9-13/h5-10H,1-4H2,(H2,16,17). The molecular formula is C15H16N2. The Morgan fingerprint density at radius 3 is 2.65 bits per heavy atom. The summed E-state index contributed by atoms with van der Waals surface area (Å²) in [6.45, 7) is 0. The van der Waals surface area contributed by atoms with Crippen LogP contribution in [0.1, 0.15) is 24.0 Å². The van der Waals surface area contributed by atoms with Gasteiger partial charge in [-0.3, -0.25) is 4.98 Å². The monoisotopic (exact) mass is 224 g/mol. The van der Waals surface area contributed by atoms with Crippen molar-refractivity contribution in [2.45, 2.75) is 25.7 Å². The van der Waals surface area contributed by atoms with Gasteiger partial charge in [0.25, 0.3) is 0 Å². The summed E-state index contributed by atoms with van der Waals surface area (Å²) in [5, 5.41) is 0. The number of hydrogen-bond acceptors (Lipinski definition) is 2. The largest absolute Gasteiger partial charge is 0.398 e. The van der Waals surface area contributed by atoms with Crippen LogP contribution in [-0.4, -0.2) is 4.98 Å². The van der Waals surface area contributed by atoms with E-state index in [9.17, 15) is 0 Å². The van der Waals surface area contributed by atoms with Crippen molar-refractivity contribution in [2.24, 2.45) is 0 Å². The molecule has 1 aliphatic carbocycles. The molecular weight excluding hydrogens is 208 g/mol. The fourth-order valence-electron chi connectivity index (χ4n) is 2.55. The molecule has 0 saturated heterocycles. The number of aromatic nitrogens is 1. The molecule has 0 radical (unpaired) electrons. The summed E-state index contributed by atoms with van der Waals surface area (Å²) < 4.78 is 0. The van der Waals surface area contributed by atoms with E-state index < -0.39 is 0 Å². The van der Waals surface area contributed by atoms with Gasteiger partial charge >= 0.3 is 0 Å². The highest BCUT2D eigenvalue weighted by Gasteiger charge is 2.11. The second-order valence-corrected chi connectivity index (χ2v) is 4.65. The number of benzene rings is 1. The number of nitrogen functional groups attached to an aromatic ring is 1. The smallest absolute Gasteiger partial charge is 0.0424 e. The van der Waals surface area contributed by atoms with Crippen molar-refractivity contribution < 1.29 is 0 Å². The van der Waals surface area contributed by atoms with E-state index in [2.05, 4.69) is 23.2 Å². The lowest BCUT2D eigenvalue weighted by atomic mass is 9.89. The fraction of sp³-hybridized carbons (Fsp3) is 0.267. The second-order valence-electron chi connectivity index (χ2n) is 4.65. The molecule has 0 aliphatic heterocycles. The number of nitrogens with two attached hydrogens (primary N) is 1. The van der Waals surface area contributed by atoms with Crippen LogP contribution in [0.5, 0.6) is 0 Å². The van der Waals surface area contributed by atoms with E-state index in [1.54, 1.807) is 6.20 Å². The Morgan fingerprint density at radius 2 is 1.82 bits per heavy atom. The Bertz CT molecular complexity index is 546. The average Bonchev–Trinajstić information content (AvgIpc) is 2.39. The van der Waals surface area contributed by atoms with E-state index in [4.69, 9.17) is 5.73 Å². The highest BCUT2D eigenvalue weighted by atomic mass is 14.7. The molecule has 0 amide bonds. The summed E-state index contributed by atoms with van der Waals surface area (Å²) in [6, 6.07) is 8.55. The van der Waals surface area contributed by atoms with Gasteiger partial charge in [0.2, 0.25) is 0 Å². The number of nitrogens with zero attached hydrogens (tertiary/aromatic N) is 1. The van der Waals surface area contributed by atoms with Crippen LogP contribution in [0.4, 0.5) is 5.69 Å². The van der Waals surface area contributed by atoms with E-state index in [0.717, 1.165) is 11.3 Å². The van der Waals surface area contributed by atoms with Gasteiger partial charge in [-0.05, 0) is 48.4 Å². The first-order valence-electron chi connectivity index (χ1n) is 6.16. The number of hydrogen-bond donors (Lipinski definition) is 1. The maximum Gasteiger partial charge on any atom is 0.0424 e. The van der Waals surface area contributed by atoms with Crippen LogP contribution < -0.4 is 5.73 Å². The summed E-state index contributed by atoms with van der Waals surface area (Å²) in [5.41, 5.74) is 12.0. The molecule has 2 N–H and O–H groups in total. The molecule has 0 fully saturated rings. The summed E-state index contributed by atoms with van der Waals surface area (Å²) >= 11 is 0. The lowest BCUT2D eigenvalue weighted by Crippen LogP contribution is -2.02. The Morgan fingerprint density at radius 1 is 1.00 bits per heavy atom. The molecule has 0 unspecified atom stereocenters. The minimum atomic E-state index is 0.802. The van der Waals surface area contributed by atoms with E-state index in [0.29, 0.717) is 0 Å². The minimum absolute atomic E-state index is 0.802. The third-order valence-corrected chi connectivity index (χ3v) is 3.51. The number of anilines is 1. The molecule has 1 aromatic carbocycles. The summed E-state index contributed by atoms with van der Waals surface area (Å²) in [6.07, 6.45) is 8.62. The third kappa shape index (κ3) is 1.91. The minimum Gasteiger partial charge on any atom is -0.398 e. The van der Waals surface area contributed by atoms with Crippen molar-refractivity contribution in [3.63, 3.8) is 0 Å². The lowest BCUT2D eigenvalue weighted by molar-refractivity contribution is 0.686. The summed E-state index contributed by atoms with van der Waals surface area (Å²) in [5.74, 6) is 0. The first-order chi connectivity index (χ1) is 8.34. The van der Waals surface area contributed by atoms with Crippen LogP contribution >= 0.6 is 0 Å². The molecule has 86 valence electrons. The van der Waals surface area contributed by atoms with Crippen molar-refractivity contribution in [2.75, 3.05) is 5.73 Å². The Hall–Kier alpha value is -1.83. The zero-order valence-corrected chi connectivity index (χ0v) is 9.82. The van der Waals surface area contributed by atoms with E-state index >= 15 is 0 Å². The van der Waals surface area contributed by atoms with Crippen LogP contribution in [0.3, 0.4) is 0 Å². The van der Waals surface area contributed by atoms with Gasteiger partial charge in [-0.25, -0.2) is 0 Å². The van der Waals surface area contributed by atoms with Crippen molar-refractivity contribution in [1.82, 2.24) is 4.98 Å². The van der Waals surface area contributed by atoms with Crippen LogP contribution in [-0.2, 0) is 12.8 Å². The molecule has 0 spiro atoms. The van der Waals surface area contributed by atoms with Crippen LogP contribution in [0.15, 0.2) is 36.7 Å². The van der Waals surface area contributed by atoms with E-state index in [1.165, 1.54) is 42.4 Å². The highest BCUT2D eigenvalue weighted by Crippen LogP contribution is 2.29. The fourth-order valence-corrected chi connectivity index (χ4v) is 2.55. The molecule has 0 atom stereocenters. The molecule has 2 aromatic rings. The lowest BCUT2D eigenvalue weighted by Gasteiger charge is -2.17. The molecule has 2 nitrogen and oxygen atoms in total. The predicted molar refractivity (Wildman–Crippen MR) is 70.7 cm³/mol. The summed E-state index contributed by atoms with van der Waals surface area (Å²) in [4.78, 5) is 4.15. The molecule has 3 rings (SSSR count). The van der Waals surface area contributed by atoms with Crippen LogP contribution in [0.2, 0.25) is 0 Å². The van der Waals surface area contributed by atoms with Gasteiger partial charge in [-0.15, -0.1) is 0 Å². The predicted octanol–water partition coefficient (Wildman–Crippen LogP) is 3.21. The maximum atomic E-state index is 5.99. The molecule has 1 aromatic heterocycles. The van der Waals surface area contributed by atoms with Gasteiger partial charge in [0.1, 0.15) is 0 Å². The number of pyridine rings is 1. The van der Waals surface area contributed by atoms with Gasteiger partial charge in [-0.1, -0.05) is 18.2 Å². The maximum absolute atomic E-state index is 5.99. The Kier molecular flexibility index (Phi) is 2.56. The average molecular weight is 224 g/mol. The quantitative estimate of drug-likeness (QED) is 0.807. The van der Waals surface area contributed by atoms with Crippen molar-refractivity contribution in [3.8, 4) is 11.1 Å². The normalized spacial score (nSPS) is 14.4. The van der Waals surface area contributed by atoms with E-state index in [-0.39, 0.29) is 0 Å². The first kappa shape index (κ1) is 10.3. The first-order valence-corrected chi connectivity index (χ1v) is 6.16. The van der Waals surface area contributed by atoms with Gasteiger partial charge in [-0.2, -0.15) is 0 Å². The summed E-state index contributed by atoms with van der Waals surface area (Å²) in [7, 11) is 0. The molecule has 0 bridgehead atoms. The van der Waals surface area contributed by atoms with E-state index in [1.807, 2.05) is 12.3 Å². The van der Waals surface area contributed by atoms with Crippen LogP contribution in [0, 0.1) is 0 Å². The van der Waals surface area contributed by atoms with Crippen LogP contribution in [0.25, 0.3) is 11.1 Å². The van der Waals surface area contributed by atoms with Gasteiger partial charge in [0.05, 0.1) is 0 Å². The molecule has 0 saturated carbocycles. The SMILES string of the molecule is Nc1ccncc1-c1ccc2c(c1)CCCC2. The van der Waals surface area contributed by atoms with Crippen molar-refractivity contribution >= 4 is 5.69 Å².